The number of aromatic hydroxyl groups is 1. The summed E-state index contributed by atoms with van der Waals surface area (Å²) in [5.74, 6) is 0.389. The van der Waals surface area contributed by atoms with Crippen LogP contribution in [0.1, 0.15) is 5.76 Å². The molecule has 3 aromatic rings. The Kier molecular flexibility index (Phi) is 3.51. The van der Waals surface area contributed by atoms with Crippen molar-refractivity contribution in [1.82, 2.24) is 0 Å². The first kappa shape index (κ1) is 14.2. The van der Waals surface area contributed by atoms with Gasteiger partial charge in [-0.3, -0.25) is 4.79 Å². The van der Waals surface area contributed by atoms with Crippen molar-refractivity contribution in [2.24, 2.45) is 0 Å². The van der Waals surface area contributed by atoms with Crippen molar-refractivity contribution in [1.29, 1.82) is 0 Å². The van der Waals surface area contributed by atoms with Gasteiger partial charge in [0.25, 0.3) is 0 Å². The minimum absolute atomic E-state index is 0.108. The Morgan fingerprint density at radius 1 is 1.19 bits per heavy atom. The Hall–Kier alpha value is -1.78. The normalized spacial score (nSPS) is 11.0. The summed E-state index contributed by atoms with van der Waals surface area (Å²) in [6.07, 6.45) is 0. The molecule has 0 saturated carbocycles. The van der Waals surface area contributed by atoms with Gasteiger partial charge in [-0.15, -0.1) is 0 Å². The van der Waals surface area contributed by atoms with E-state index in [1.165, 1.54) is 12.1 Å². The fourth-order valence-corrected chi connectivity index (χ4v) is 2.69. The molecule has 5 heteroatoms. The van der Waals surface area contributed by atoms with E-state index < -0.39 is 0 Å². The van der Waals surface area contributed by atoms with Crippen LogP contribution in [0.15, 0.2) is 50.1 Å². The van der Waals surface area contributed by atoms with Crippen LogP contribution in [-0.2, 0) is 0 Å². The zero-order valence-corrected chi connectivity index (χ0v) is 13.3. The molecule has 1 heterocycles. The zero-order chi connectivity index (χ0) is 15.1. The number of hydrogen-bond acceptors (Lipinski definition) is 3. The molecule has 0 aliphatic rings. The molecule has 0 bridgehead atoms. The lowest BCUT2D eigenvalue weighted by molar-refractivity contribution is 0.473. The average molecular weight is 366 g/mol. The van der Waals surface area contributed by atoms with Crippen molar-refractivity contribution < 1.29 is 9.52 Å². The lowest BCUT2D eigenvalue weighted by Gasteiger charge is -2.08. The van der Waals surface area contributed by atoms with Crippen molar-refractivity contribution >= 4 is 38.5 Å². The predicted molar refractivity (Wildman–Crippen MR) is 87.0 cm³/mol. The van der Waals surface area contributed by atoms with Gasteiger partial charge < -0.3 is 9.52 Å². The molecule has 0 atom stereocenters. The molecular formula is C16H10BrClO3. The standard InChI is InChI=1S/C16H10BrClO3/c1-8-15(9-2-4-10(17)5-3-9)16(20)11-6-12(18)13(19)7-14(11)21-8/h2-7,19H,1H3. The maximum absolute atomic E-state index is 12.7. The maximum Gasteiger partial charge on any atom is 0.200 e. The molecule has 106 valence electrons. The Morgan fingerprint density at radius 3 is 2.52 bits per heavy atom. The summed E-state index contributed by atoms with van der Waals surface area (Å²) in [5, 5.41) is 10.1. The topological polar surface area (TPSA) is 50.4 Å². The van der Waals surface area contributed by atoms with Gasteiger partial charge in [-0.25, -0.2) is 0 Å². The minimum Gasteiger partial charge on any atom is -0.506 e. The smallest absolute Gasteiger partial charge is 0.200 e. The number of fused-ring (bicyclic) bond motifs is 1. The first-order valence-corrected chi connectivity index (χ1v) is 7.36. The molecule has 0 saturated heterocycles. The van der Waals surface area contributed by atoms with Crippen LogP contribution in [0.2, 0.25) is 5.02 Å². The highest BCUT2D eigenvalue weighted by Gasteiger charge is 2.15. The van der Waals surface area contributed by atoms with Crippen LogP contribution >= 0.6 is 27.5 Å². The van der Waals surface area contributed by atoms with Crippen LogP contribution in [0.4, 0.5) is 0 Å². The molecule has 1 N–H and O–H groups in total. The van der Waals surface area contributed by atoms with E-state index >= 15 is 0 Å². The second-order valence-electron chi connectivity index (χ2n) is 4.67. The minimum atomic E-state index is -0.169. The summed E-state index contributed by atoms with van der Waals surface area (Å²) in [6, 6.07) is 10.2. The number of benzene rings is 2. The van der Waals surface area contributed by atoms with Crippen LogP contribution in [0.25, 0.3) is 22.1 Å². The predicted octanol–water partition coefficient (Wildman–Crippen LogP) is 4.89. The Balaban J connectivity index is 2.36. The third-order valence-electron chi connectivity index (χ3n) is 3.27. The van der Waals surface area contributed by atoms with Crippen molar-refractivity contribution in [2.45, 2.75) is 6.92 Å². The van der Waals surface area contributed by atoms with Crippen molar-refractivity contribution in [2.75, 3.05) is 0 Å². The van der Waals surface area contributed by atoms with E-state index in [4.69, 9.17) is 16.0 Å². The Bertz CT molecular complexity index is 898. The van der Waals surface area contributed by atoms with Crippen LogP contribution in [0, 0.1) is 6.92 Å². The molecule has 0 amide bonds. The summed E-state index contributed by atoms with van der Waals surface area (Å²) in [7, 11) is 0. The third-order valence-corrected chi connectivity index (χ3v) is 4.10. The first-order chi connectivity index (χ1) is 9.97. The van der Waals surface area contributed by atoms with E-state index in [2.05, 4.69) is 15.9 Å². The summed E-state index contributed by atoms with van der Waals surface area (Å²) in [5.41, 5.74) is 1.42. The number of rotatable bonds is 1. The summed E-state index contributed by atoms with van der Waals surface area (Å²) in [4.78, 5) is 12.7. The second-order valence-corrected chi connectivity index (χ2v) is 5.99. The highest BCUT2D eigenvalue weighted by molar-refractivity contribution is 9.10. The summed E-state index contributed by atoms with van der Waals surface area (Å²) < 4.78 is 6.60. The van der Waals surface area contributed by atoms with E-state index in [9.17, 15) is 9.90 Å². The van der Waals surface area contributed by atoms with Crippen molar-refractivity contribution in [3.05, 3.63) is 61.9 Å². The van der Waals surface area contributed by atoms with Crippen LogP contribution in [-0.4, -0.2) is 5.11 Å². The van der Waals surface area contributed by atoms with Gasteiger partial charge in [0.2, 0.25) is 5.43 Å². The molecule has 0 aliphatic carbocycles. The number of aryl methyl sites for hydroxylation is 1. The SMILES string of the molecule is Cc1oc2cc(O)c(Cl)cc2c(=O)c1-c1ccc(Br)cc1. The van der Waals surface area contributed by atoms with Crippen LogP contribution in [0.3, 0.4) is 0 Å². The number of phenols is 1. The lowest BCUT2D eigenvalue weighted by Crippen LogP contribution is -2.07. The molecule has 21 heavy (non-hydrogen) atoms. The molecule has 3 nitrogen and oxygen atoms in total. The molecule has 1 aromatic heterocycles. The van der Waals surface area contributed by atoms with Gasteiger partial charge in [-0.2, -0.15) is 0 Å². The van der Waals surface area contributed by atoms with Gasteiger partial charge in [-0.05, 0) is 30.7 Å². The maximum atomic E-state index is 12.7. The van der Waals surface area contributed by atoms with Gasteiger partial charge in [-0.1, -0.05) is 39.7 Å². The number of halogens is 2. The quantitative estimate of drug-likeness (QED) is 0.668. The number of hydrogen-bond donors (Lipinski definition) is 1. The molecule has 0 aliphatic heterocycles. The largest absolute Gasteiger partial charge is 0.506 e. The lowest BCUT2D eigenvalue weighted by atomic mass is 10.0. The van der Waals surface area contributed by atoms with Gasteiger partial charge in [0.1, 0.15) is 17.1 Å². The second kappa shape index (κ2) is 5.20. The molecule has 0 unspecified atom stereocenters. The number of phenolic OH excluding ortho intramolecular Hbond substituents is 1. The molecule has 2 aromatic carbocycles. The molecule has 0 radical (unpaired) electrons. The molecule has 0 spiro atoms. The fraction of sp³-hybridized carbons (Fsp3) is 0.0625. The molecular weight excluding hydrogens is 356 g/mol. The van der Waals surface area contributed by atoms with Crippen LogP contribution < -0.4 is 5.43 Å². The van der Waals surface area contributed by atoms with E-state index in [1.54, 1.807) is 6.92 Å². The van der Waals surface area contributed by atoms with E-state index in [0.29, 0.717) is 22.3 Å². The van der Waals surface area contributed by atoms with E-state index in [-0.39, 0.29) is 16.2 Å². The fourth-order valence-electron chi connectivity index (χ4n) is 2.27. The zero-order valence-electron chi connectivity index (χ0n) is 11.0. The van der Waals surface area contributed by atoms with E-state index in [1.807, 2.05) is 24.3 Å². The molecule has 3 rings (SSSR count). The highest BCUT2D eigenvalue weighted by Crippen LogP contribution is 2.31. The first-order valence-electron chi connectivity index (χ1n) is 6.19. The van der Waals surface area contributed by atoms with E-state index in [0.717, 1.165) is 10.0 Å². The Labute approximate surface area is 133 Å². The van der Waals surface area contributed by atoms with Gasteiger partial charge in [0.05, 0.1) is 16.0 Å². The monoisotopic (exact) mass is 364 g/mol. The summed E-state index contributed by atoms with van der Waals surface area (Å²) >= 11 is 9.25. The van der Waals surface area contributed by atoms with Gasteiger partial charge >= 0.3 is 0 Å². The van der Waals surface area contributed by atoms with Gasteiger partial charge in [0.15, 0.2) is 0 Å². The van der Waals surface area contributed by atoms with Crippen molar-refractivity contribution in [3.63, 3.8) is 0 Å². The highest BCUT2D eigenvalue weighted by atomic mass is 79.9. The average Bonchev–Trinajstić information content (AvgIpc) is 2.43. The van der Waals surface area contributed by atoms with Gasteiger partial charge in [0, 0.05) is 10.5 Å². The Morgan fingerprint density at radius 2 is 1.86 bits per heavy atom. The molecule has 0 fully saturated rings. The summed E-state index contributed by atoms with van der Waals surface area (Å²) in [6.45, 7) is 1.73. The van der Waals surface area contributed by atoms with Crippen molar-refractivity contribution in [3.8, 4) is 16.9 Å². The van der Waals surface area contributed by atoms with Crippen LogP contribution in [0.5, 0.6) is 5.75 Å². The third kappa shape index (κ3) is 2.45.